The van der Waals surface area contributed by atoms with Crippen molar-refractivity contribution in [1.82, 2.24) is 9.80 Å². The first kappa shape index (κ1) is 38.9. The Bertz CT molecular complexity index is 758. The summed E-state index contributed by atoms with van der Waals surface area (Å²) >= 11 is -2.76. The fourth-order valence-electron chi connectivity index (χ4n) is 5.04. The molecule has 0 aliphatic heterocycles. The van der Waals surface area contributed by atoms with Gasteiger partial charge >= 0.3 is 254 Å². The molecule has 0 radical (unpaired) electrons. The minimum absolute atomic E-state index is 0. The van der Waals surface area contributed by atoms with Gasteiger partial charge in [-0.2, -0.15) is 0 Å². The number of hydrogen-bond acceptors (Lipinski definition) is 2. The van der Waals surface area contributed by atoms with Crippen LogP contribution in [0.3, 0.4) is 0 Å². The molecule has 2 aromatic carbocycles. The second-order valence-corrected chi connectivity index (χ2v) is 27.1. The zero-order chi connectivity index (χ0) is 28.2. The maximum absolute atomic E-state index is 2.44. The predicted molar refractivity (Wildman–Crippen MR) is 178 cm³/mol. The van der Waals surface area contributed by atoms with Crippen LogP contribution in [0.5, 0.6) is 0 Å². The van der Waals surface area contributed by atoms with Gasteiger partial charge < -0.3 is 5.48 Å². The Kier molecular flexibility index (Phi) is 24.5. The van der Waals surface area contributed by atoms with E-state index in [-0.39, 0.29) is 5.48 Å². The summed E-state index contributed by atoms with van der Waals surface area (Å²) < 4.78 is 9.76. The van der Waals surface area contributed by atoms with Gasteiger partial charge in [-0.25, -0.2) is 0 Å². The molecule has 0 bridgehead atoms. The first-order valence-electron chi connectivity index (χ1n) is 15.5. The van der Waals surface area contributed by atoms with Crippen LogP contribution in [0.1, 0.15) is 90.2 Å². The normalized spacial score (nSPS) is 10.7. The van der Waals surface area contributed by atoms with Crippen molar-refractivity contribution in [3.8, 4) is 0 Å². The minimum atomic E-state index is -1.38. The van der Waals surface area contributed by atoms with E-state index in [0.29, 0.717) is 0 Å². The summed E-state index contributed by atoms with van der Waals surface area (Å²) in [4.78, 5) is 4.61. The van der Waals surface area contributed by atoms with Crippen LogP contribution < -0.4 is 7.16 Å². The van der Waals surface area contributed by atoms with Crippen molar-refractivity contribution in [2.75, 3.05) is 28.2 Å². The molecule has 5 heteroatoms. The summed E-state index contributed by atoms with van der Waals surface area (Å²) in [6.45, 7) is 11.5. The van der Waals surface area contributed by atoms with Crippen molar-refractivity contribution in [1.29, 1.82) is 0 Å². The van der Waals surface area contributed by atoms with Gasteiger partial charge in [0.15, 0.2) is 0 Å². The van der Waals surface area contributed by atoms with Gasteiger partial charge in [0.05, 0.1) is 0 Å². The smallest absolute Gasteiger partial charge is 2.00 e. The molecular weight excluding hydrogens is 690 g/mol. The molecule has 220 valence electrons. The molecule has 0 aliphatic carbocycles. The fourth-order valence-corrected chi connectivity index (χ4v) is 23.9. The fraction of sp³-hybridized carbons (Fsp3) is 0.647. The van der Waals surface area contributed by atoms with Crippen LogP contribution in [0, 0.1) is 0 Å². The molecule has 2 aromatic rings. The molecule has 0 amide bonds. The largest absolute Gasteiger partial charge is 2.00 e. The van der Waals surface area contributed by atoms with Gasteiger partial charge in [-0.3, -0.25) is 0 Å². The van der Waals surface area contributed by atoms with Gasteiger partial charge in [0.1, 0.15) is 0 Å². The molecule has 0 heterocycles. The zero-order valence-corrected chi connectivity index (χ0v) is 32.5. The van der Waals surface area contributed by atoms with E-state index in [1.165, 1.54) is 51.4 Å². The maximum Gasteiger partial charge on any atom is -2.00 e. The molecule has 0 fully saturated rings. The number of nitrogens with zero attached hydrogens (tertiary/aromatic N) is 2. The van der Waals surface area contributed by atoms with Crippen LogP contribution in [0.2, 0.25) is 17.7 Å². The van der Waals surface area contributed by atoms with Crippen molar-refractivity contribution in [3.63, 3.8) is 0 Å². The first-order valence-corrected chi connectivity index (χ1v) is 26.5. The van der Waals surface area contributed by atoms with Gasteiger partial charge in [-0.15, -0.1) is 0 Å². The molecule has 0 aliphatic rings. The average molecular weight is 750 g/mol. The van der Waals surface area contributed by atoms with Crippen LogP contribution in [-0.4, -0.2) is 77.5 Å². The van der Waals surface area contributed by atoms with E-state index in [9.17, 15) is 0 Å². The molecule has 0 aromatic heterocycles. The van der Waals surface area contributed by atoms with Crippen molar-refractivity contribution >= 4 is 46.7 Å². The monoisotopic (exact) mass is 752 g/mol. The van der Waals surface area contributed by atoms with E-state index in [1.54, 1.807) is 36.0 Å². The molecule has 0 spiro atoms. The zero-order valence-electron chi connectivity index (χ0n) is 26.8. The van der Waals surface area contributed by atoms with Gasteiger partial charge in [-0.1, -0.05) is 0 Å². The van der Waals surface area contributed by atoms with Gasteiger partial charge in [0, 0.05) is 0 Å². The van der Waals surface area contributed by atoms with Gasteiger partial charge in [0.2, 0.25) is 0 Å². The maximum atomic E-state index is 2.44. The van der Waals surface area contributed by atoms with Gasteiger partial charge in [0.25, 0.3) is 0 Å². The second-order valence-electron chi connectivity index (χ2n) is 11.4. The average Bonchev–Trinajstić information content (AvgIpc) is 2.90. The first-order chi connectivity index (χ1) is 18.4. The molecule has 0 saturated heterocycles. The number of rotatable bonds is 18. The Morgan fingerprint density at radius 2 is 0.769 bits per heavy atom. The van der Waals surface area contributed by atoms with E-state index in [2.05, 4.69) is 114 Å². The minimum Gasteiger partial charge on any atom is -2.00 e. The molecule has 0 saturated carbocycles. The number of hydrogen-bond donors (Lipinski definition) is 0. The molecule has 0 atom stereocenters. The van der Waals surface area contributed by atoms with E-state index in [0.717, 1.165) is 13.1 Å². The van der Waals surface area contributed by atoms with Crippen molar-refractivity contribution in [2.24, 2.45) is 0 Å². The number of unbranched alkanes of at least 4 members (excludes halogenated alkanes) is 4. The van der Waals surface area contributed by atoms with Crippen molar-refractivity contribution in [2.45, 2.75) is 110 Å². The summed E-state index contributed by atoms with van der Waals surface area (Å²) in [6.07, 6.45) is 11.2. The van der Waals surface area contributed by atoms with Crippen LogP contribution in [0.4, 0.5) is 0 Å². The summed E-state index contributed by atoms with van der Waals surface area (Å²) in [5.74, 6) is 0. The van der Waals surface area contributed by atoms with E-state index in [1.807, 2.05) is 0 Å². The second kappa shape index (κ2) is 24.5. The van der Waals surface area contributed by atoms with E-state index < -0.39 is 39.5 Å². The Morgan fingerprint density at radius 1 is 0.487 bits per heavy atom. The van der Waals surface area contributed by atoms with Crippen LogP contribution in [0.25, 0.3) is 0 Å². The predicted octanol–water partition coefficient (Wildman–Crippen LogP) is 7.98. The van der Waals surface area contributed by atoms with E-state index in [4.69, 9.17) is 0 Å². The third kappa shape index (κ3) is 16.8. The summed E-state index contributed by atoms with van der Waals surface area (Å²) in [5, 5.41) is 0. The van der Waals surface area contributed by atoms with Gasteiger partial charge in [-0.05, 0) is 0 Å². The standard InChI is InChI=1S/2C9H12N.4C4H9.O.2Sn/c2*1-10(2)8-9-6-4-3-5-7-9;4*1-3-4-2;;;/h2*3-6H,8H2,1-2H3;4*1,3-4H2,2H3;;;/q;;;;;;-2;2*+1. The molecule has 0 N–H and O–H groups in total. The molecule has 3 nitrogen and oxygen atoms in total. The number of benzene rings is 2. The molecule has 2 rings (SSSR count). The van der Waals surface area contributed by atoms with Crippen molar-refractivity contribution in [3.05, 3.63) is 59.7 Å². The SMILES string of the molecule is CCC[CH2][Sn+]([CH2]CCC)[c]1ccccc1CN(C)C.CCC[CH2][Sn+]([CH2]CCC)[c]1ccccc1CN(C)C.[O-2]. The van der Waals surface area contributed by atoms with Crippen LogP contribution in [-0.2, 0) is 18.6 Å². The Labute approximate surface area is 257 Å². The summed E-state index contributed by atoms with van der Waals surface area (Å²) in [5.41, 5.74) is 3.21. The van der Waals surface area contributed by atoms with Crippen LogP contribution >= 0.6 is 0 Å². The van der Waals surface area contributed by atoms with Crippen molar-refractivity contribution < 1.29 is 5.48 Å². The third-order valence-corrected chi connectivity index (χ3v) is 25.2. The summed E-state index contributed by atoms with van der Waals surface area (Å²) in [7, 11) is 8.71. The molecule has 39 heavy (non-hydrogen) atoms. The molecular formula is C34H60N2OSn2. The van der Waals surface area contributed by atoms with E-state index >= 15 is 0 Å². The Morgan fingerprint density at radius 3 is 1.03 bits per heavy atom. The van der Waals surface area contributed by atoms with Crippen LogP contribution in [0.15, 0.2) is 48.5 Å². The Balaban J connectivity index is 0.000000722. The summed E-state index contributed by atoms with van der Waals surface area (Å²) in [6, 6.07) is 18.5. The molecule has 0 unspecified atom stereocenters. The quantitative estimate of drug-likeness (QED) is 0.145. The third-order valence-electron chi connectivity index (χ3n) is 7.10. The Hall–Kier alpha value is -0.0826. The topological polar surface area (TPSA) is 35.0 Å².